The number of fused-ring (bicyclic) bond motifs is 5. The summed E-state index contributed by atoms with van der Waals surface area (Å²) in [6.07, 6.45) is 16.5. The summed E-state index contributed by atoms with van der Waals surface area (Å²) in [5.41, 5.74) is 0.748. The number of rotatable bonds is 7. The predicted octanol–water partition coefficient (Wildman–Crippen LogP) is 8.68. The van der Waals surface area contributed by atoms with Gasteiger partial charge in [-0.15, -0.1) is 0 Å². The van der Waals surface area contributed by atoms with Crippen LogP contribution in [0.1, 0.15) is 126 Å². The van der Waals surface area contributed by atoms with Gasteiger partial charge in [0.1, 0.15) is 6.10 Å². The van der Waals surface area contributed by atoms with Crippen molar-refractivity contribution in [3.8, 4) is 0 Å². The van der Waals surface area contributed by atoms with Gasteiger partial charge in [-0.1, -0.05) is 54.4 Å². The van der Waals surface area contributed by atoms with E-state index in [0.717, 1.165) is 53.8 Å². The number of esters is 1. The number of carbonyl (C=O) groups is 1. The summed E-state index contributed by atoms with van der Waals surface area (Å²) in [6, 6.07) is 0. The molecule has 2 nitrogen and oxygen atoms in total. The van der Waals surface area contributed by atoms with Crippen LogP contribution in [0.25, 0.3) is 0 Å². The molecule has 190 valence electrons. The number of hydrogen-bond donors (Lipinski definition) is 0. The molecule has 4 aliphatic carbocycles. The van der Waals surface area contributed by atoms with Crippen LogP contribution in [0.2, 0.25) is 0 Å². The minimum absolute atomic E-state index is 0.0637. The maximum Gasteiger partial charge on any atom is 0.302 e. The van der Waals surface area contributed by atoms with Gasteiger partial charge in [0.2, 0.25) is 0 Å². The van der Waals surface area contributed by atoms with Gasteiger partial charge in [-0.05, 0) is 117 Å². The van der Waals surface area contributed by atoms with Crippen molar-refractivity contribution in [2.75, 3.05) is 0 Å². The zero-order chi connectivity index (χ0) is 24.0. The Morgan fingerprint density at radius 2 is 1.70 bits per heavy atom. The summed E-state index contributed by atoms with van der Waals surface area (Å²) in [6.45, 7) is 16.7. The van der Waals surface area contributed by atoms with Crippen LogP contribution in [0, 0.1) is 58.2 Å². The third kappa shape index (κ3) is 4.44. The largest absolute Gasteiger partial charge is 0.462 e. The Morgan fingerprint density at radius 1 is 0.939 bits per heavy atom. The van der Waals surface area contributed by atoms with E-state index in [1.807, 2.05) is 0 Å². The molecule has 0 N–H and O–H groups in total. The maximum absolute atomic E-state index is 12.0. The van der Waals surface area contributed by atoms with Gasteiger partial charge in [0.05, 0.1) is 0 Å². The molecule has 0 aromatic heterocycles. The molecule has 0 heterocycles. The van der Waals surface area contributed by atoms with Crippen molar-refractivity contribution in [2.24, 2.45) is 58.2 Å². The second-order valence-electron chi connectivity index (χ2n) is 13.7. The van der Waals surface area contributed by atoms with Crippen LogP contribution in [-0.4, -0.2) is 12.1 Å². The Hall–Kier alpha value is -0.530. The molecule has 0 bridgehead atoms. The van der Waals surface area contributed by atoms with Gasteiger partial charge in [-0.3, -0.25) is 4.79 Å². The van der Waals surface area contributed by atoms with Crippen molar-refractivity contribution in [2.45, 2.75) is 132 Å². The lowest BCUT2D eigenvalue weighted by Crippen LogP contribution is -2.58. The molecule has 0 spiro atoms. The molecule has 4 aliphatic rings. The van der Waals surface area contributed by atoms with E-state index < -0.39 is 0 Å². The van der Waals surface area contributed by atoms with Gasteiger partial charge in [-0.25, -0.2) is 0 Å². The summed E-state index contributed by atoms with van der Waals surface area (Å²) in [4.78, 5) is 12.0. The molecule has 0 aliphatic heterocycles. The second-order valence-corrected chi connectivity index (χ2v) is 13.7. The number of ether oxygens (including phenoxy) is 1. The topological polar surface area (TPSA) is 26.3 Å². The minimum atomic E-state index is -0.0637. The van der Waals surface area contributed by atoms with E-state index in [9.17, 15) is 4.79 Å². The van der Waals surface area contributed by atoms with Crippen LogP contribution in [0.5, 0.6) is 0 Å². The van der Waals surface area contributed by atoms with Crippen LogP contribution in [0.15, 0.2) is 0 Å². The Kier molecular flexibility index (Phi) is 7.63. The molecule has 2 heteroatoms. The van der Waals surface area contributed by atoms with Crippen LogP contribution >= 0.6 is 0 Å². The average Bonchev–Trinajstić information content (AvgIpc) is 3.11. The maximum atomic E-state index is 12.0. The highest BCUT2D eigenvalue weighted by atomic mass is 16.5. The zero-order valence-corrected chi connectivity index (χ0v) is 23.0. The van der Waals surface area contributed by atoms with Gasteiger partial charge < -0.3 is 4.74 Å². The highest BCUT2D eigenvalue weighted by Crippen LogP contribution is 2.68. The van der Waals surface area contributed by atoms with Crippen LogP contribution in [0.4, 0.5) is 0 Å². The molecule has 33 heavy (non-hydrogen) atoms. The average molecular weight is 459 g/mol. The molecule has 10 atom stereocenters. The minimum Gasteiger partial charge on any atom is -0.462 e. The number of hydrogen-bond acceptors (Lipinski definition) is 2. The molecule has 4 fully saturated rings. The summed E-state index contributed by atoms with van der Waals surface area (Å²) in [5.74, 6) is 6.71. The van der Waals surface area contributed by atoms with E-state index in [1.54, 1.807) is 6.92 Å². The number of carbonyl (C=O) groups excluding carboxylic acids is 1. The van der Waals surface area contributed by atoms with Crippen LogP contribution < -0.4 is 0 Å². The first-order chi connectivity index (χ1) is 15.6. The Morgan fingerprint density at radius 3 is 2.36 bits per heavy atom. The smallest absolute Gasteiger partial charge is 0.302 e. The molecular formula is C31H54O2. The molecule has 4 rings (SSSR count). The first-order valence-corrected chi connectivity index (χ1v) is 14.8. The van der Waals surface area contributed by atoms with Crippen molar-refractivity contribution < 1.29 is 9.53 Å². The van der Waals surface area contributed by atoms with Crippen molar-refractivity contribution in [1.82, 2.24) is 0 Å². The van der Waals surface area contributed by atoms with Gasteiger partial charge in [0.25, 0.3) is 0 Å². The fraction of sp³-hybridized carbons (Fsp3) is 0.968. The molecular weight excluding hydrogens is 404 g/mol. The summed E-state index contributed by atoms with van der Waals surface area (Å²) in [5, 5.41) is 0. The van der Waals surface area contributed by atoms with Crippen molar-refractivity contribution in [3.63, 3.8) is 0 Å². The van der Waals surface area contributed by atoms with Crippen LogP contribution in [-0.2, 0) is 9.53 Å². The van der Waals surface area contributed by atoms with Crippen molar-refractivity contribution in [1.29, 1.82) is 0 Å². The van der Waals surface area contributed by atoms with E-state index in [4.69, 9.17) is 4.74 Å². The third-order valence-electron chi connectivity index (χ3n) is 12.2. The van der Waals surface area contributed by atoms with E-state index >= 15 is 0 Å². The Balaban J connectivity index is 1.50. The van der Waals surface area contributed by atoms with E-state index in [2.05, 4.69) is 41.5 Å². The van der Waals surface area contributed by atoms with E-state index in [0.29, 0.717) is 5.41 Å². The molecule has 0 saturated heterocycles. The monoisotopic (exact) mass is 458 g/mol. The van der Waals surface area contributed by atoms with Crippen molar-refractivity contribution >= 4 is 5.97 Å². The zero-order valence-electron chi connectivity index (χ0n) is 23.0. The SMILES string of the molecule is CC[C@H](CC[C@@H](C)[C@H]1CC[C@H]2[C@H]3CCC4CCCC(OC(C)=O)[C@]4(C)[C@H]3CC[C@]12C)C(C)C. The summed E-state index contributed by atoms with van der Waals surface area (Å²) < 4.78 is 6.05. The quantitative estimate of drug-likeness (QED) is 0.357. The molecule has 0 aromatic carbocycles. The highest BCUT2D eigenvalue weighted by molar-refractivity contribution is 5.66. The first-order valence-electron chi connectivity index (χ1n) is 14.8. The summed E-state index contributed by atoms with van der Waals surface area (Å²) in [7, 11) is 0. The first kappa shape index (κ1) is 25.6. The Bertz CT molecular complexity index is 684. The van der Waals surface area contributed by atoms with E-state index in [1.165, 1.54) is 70.6 Å². The summed E-state index contributed by atoms with van der Waals surface area (Å²) >= 11 is 0. The van der Waals surface area contributed by atoms with Gasteiger partial charge in [-0.2, -0.15) is 0 Å². The molecule has 0 radical (unpaired) electrons. The Labute approximate surface area is 205 Å². The second kappa shape index (κ2) is 9.85. The van der Waals surface area contributed by atoms with Gasteiger partial charge in [0, 0.05) is 12.3 Å². The van der Waals surface area contributed by atoms with Crippen molar-refractivity contribution in [3.05, 3.63) is 0 Å². The lowest BCUT2D eigenvalue weighted by Gasteiger charge is -2.62. The molecule has 0 aromatic rings. The fourth-order valence-corrected chi connectivity index (χ4v) is 10.3. The molecule has 4 saturated carbocycles. The third-order valence-corrected chi connectivity index (χ3v) is 12.2. The van der Waals surface area contributed by atoms with Crippen LogP contribution in [0.3, 0.4) is 0 Å². The lowest BCUT2D eigenvalue weighted by molar-refractivity contribution is -0.190. The standard InChI is InChI=1S/C31H54O2/c1-8-23(20(2)3)13-12-21(4)26-16-17-27-25-15-14-24-10-9-11-29(33-22(5)32)31(24,7)28(25)18-19-30(26,27)6/h20-21,23-29H,8-19H2,1-7H3/t21-,23-,24?,25-,26-,27+,28+,29?,30-,31+/m1/s1. The van der Waals surface area contributed by atoms with Gasteiger partial charge >= 0.3 is 5.97 Å². The molecule has 0 amide bonds. The fourth-order valence-electron chi connectivity index (χ4n) is 10.3. The normalized spacial score (nSPS) is 44.5. The predicted molar refractivity (Wildman–Crippen MR) is 138 cm³/mol. The van der Waals surface area contributed by atoms with E-state index in [-0.39, 0.29) is 17.5 Å². The van der Waals surface area contributed by atoms with Gasteiger partial charge in [0.15, 0.2) is 0 Å². The lowest BCUT2D eigenvalue weighted by atomic mass is 9.44. The highest BCUT2D eigenvalue weighted by Gasteiger charge is 2.62. The molecule has 2 unspecified atom stereocenters.